The van der Waals surface area contributed by atoms with Gasteiger partial charge in [-0.25, -0.2) is 4.98 Å². The lowest BCUT2D eigenvalue weighted by Gasteiger charge is -2.30. The summed E-state index contributed by atoms with van der Waals surface area (Å²) in [5.41, 5.74) is 9.04. The summed E-state index contributed by atoms with van der Waals surface area (Å²) in [5.74, 6) is 1.10. The summed E-state index contributed by atoms with van der Waals surface area (Å²) in [4.78, 5) is 18.7. The van der Waals surface area contributed by atoms with Crippen LogP contribution in [0.15, 0.2) is 17.4 Å². The molecule has 3 unspecified atom stereocenters. The molecule has 0 bridgehead atoms. The molecule has 2 aromatic rings. The van der Waals surface area contributed by atoms with E-state index in [0.717, 1.165) is 36.3 Å². The molecule has 1 amide bonds. The van der Waals surface area contributed by atoms with Crippen molar-refractivity contribution < 1.29 is 4.79 Å². The van der Waals surface area contributed by atoms with Crippen molar-refractivity contribution in [1.82, 2.24) is 29.8 Å². The highest BCUT2D eigenvalue weighted by Crippen LogP contribution is 2.29. The number of fused-ring (bicyclic) bond motifs is 1. The van der Waals surface area contributed by atoms with Gasteiger partial charge < -0.3 is 16.0 Å². The highest BCUT2D eigenvalue weighted by Gasteiger charge is 2.29. The molecule has 4 rings (SSSR count). The maximum atomic E-state index is 12.2. The van der Waals surface area contributed by atoms with Gasteiger partial charge >= 0.3 is 0 Å². The summed E-state index contributed by atoms with van der Waals surface area (Å²) in [6, 6.07) is 1.78. The first-order chi connectivity index (χ1) is 12.9. The van der Waals surface area contributed by atoms with E-state index in [9.17, 15) is 4.79 Å². The van der Waals surface area contributed by atoms with Crippen LogP contribution in [-0.2, 0) is 4.79 Å². The van der Waals surface area contributed by atoms with Gasteiger partial charge in [0.15, 0.2) is 5.65 Å². The zero-order valence-electron chi connectivity index (χ0n) is 16.0. The summed E-state index contributed by atoms with van der Waals surface area (Å²) in [6.45, 7) is 1.52. The SMILES string of the molecule is CN1CC(c2cnn3c(N)cc(C4CCC(C(=O)N(C)C)NC4)nc23)C=N1. The number of aromatic nitrogens is 3. The van der Waals surface area contributed by atoms with Gasteiger partial charge in [0.2, 0.25) is 5.91 Å². The van der Waals surface area contributed by atoms with Crippen molar-refractivity contribution >= 4 is 23.6 Å². The lowest BCUT2D eigenvalue weighted by molar-refractivity contribution is -0.131. The summed E-state index contributed by atoms with van der Waals surface area (Å²) >= 11 is 0. The van der Waals surface area contributed by atoms with Crippen molar-refractivity contribution in [3.63, 3.8) is 0 Å². The van der Waals surface area contributed by atoms with Gasteiger partial charge in [0.1, 0.15) is 5.82 Å². The first kappa shape index (κ1) is 17.7. The van der Waals surface area contributed by atoms with Crippen molar-refractivity contribution in [3.05, 3.63) is 23.5 Å². The number of amides is 1. The molecule has 0 aromatic carbocycles. The molecule has 27 heavy (non-hydrogen) atoms. The second kappa shape index (κ2) is 6.80. The number of hydrogen-bond donors (Lipinski definition) is 2. The molecule has 2 aliphatic heterocycles. The Balaban J connectivity index is 1.58. The van der Waals surface area contributed by atoms with Crippen molar-refractivity contribution in [2.45, 2.75) is 30.7 Å². The minimum Gasteiger partial charge on any atom is -0.384 e. The molecule has 2 aliphatic rings. The second-order valence-electron chi connectivity index (χ2n) is 7.62. The molecule has 3 atom stereocenters. The van der Waals surface area contributed by atoms with E-state index in [1.54, 1.807) is 23.5 Å². The monoisotopic (exact) mass is 370 g/mol. The van der Waals surface area contributed by atoms with Crippen molar-refractivity contribution in [2.24, 2.45) is 5.10 Å². The number of piperidine rings is 1. The molecule has 9 heteroatoms. The Morgan fingerprint density at radius 1 is 1.37 bits per heavy atom. The largest absolute Gasteiger partial charge is 0.384 e. The molecule has 4 heterocycles. The predicted octanol–water partition coefficient (Wildman–Crippen LogP) is 0.250. The average Bonchev–Trinajstić information content (AvgIpc) is 3.27. The number of nitrogen functional groups attached to an aromatic ring is 1. The lowest BCUT2D eigenvalue weighted by Crippen LogP contribution is -2.48. The zero-order valence-corrected chi connectivity index (χ0v) is 16.0. The number of likely N-dealkylation sites (N-methyl/N-ethyl adjacent to an activating group) is 2. The number of hydrazone groups is 1. The van der Waals surface area contributed by atoms with Crippen molar-refractivity contribution in [1.29, 1.82) is 0 Å². The van der Waals surface area contributed by atoms with Crippen LogP contribution >= 0.6 is 0 Å². The van der Waals surface area contributed by atoms with Gasteiger partial charge in [-0.15, -0.1) is 0 Å². The average molecular weight is 370 g/mol. The third-order valence-corrected chi connectivity index (χ3v) is 5.42. The fourth-order valence-corrected chi connectivity index (χ4v) is 3.88. The molecular formula is C18H26N8O. The third kappa shape index (κ3) is 3.23. The Kier molecular flexibility index (Phi) is 4.47. The molecule has 0 radical (unpaired) electrons. The first-order valence-electron chi connectivity index (χ1n) is 9.28. The van der Waals surface area contributed by atoms with Gasteiger partial charge in [0.05, 0.1) is 17.9 Å². The normalized spacial score (nSPS) is 25.3. The quantitative estimate of drug-likeness (QED) is 0.803. The zero-order chi connectivity index (χ0) is 19.1. The van der Waals surface area contributed by atoms with Crippen LogP contribution in [0, 0.1) is 0 Å². The molecule has 1 fully saturated rings. The van der Waals surface area contributed by atoms with Gasteiger partial charge in [0.25, 0.3) is 0 Å². The van der Waals surface area contributed by atoms with Crippen LogP contribution in [0.4, 0.5) is 5.82 Å². The third-order valence-electron chi connectivity index (χ3n) is 5.42. The van der Waals surface area contributed by atoms with Gasteiger partial charge in [-0.2, -0.15) is 14.7 Å². The summed E-state index contributed by atoms with van der Waals surface area (Å²) in [6.07, 6.45) is 5.46. The topological polar surface area (TPSA) is 104 Å². The molecule has 2 aromatic heterocycles. The van der Waals surface area contributed by atoms with Gasteiger partial charge in [-0.1, -0.05) is 0 Å². The van der Waals surface area contributed by atoms with E-state index in [4.69, 9.17) is 10.7 Å². The molecular weight excluding hydrogens is 344 g/mol. The van der Waals surface area contributed by atoms with E-state index in [2.05, 4.69) is 15.5 Å². The maximum absolute atomic E-state index is 12.2. The van der Waals surface area contributed by atoms with Gasteiger partial charge in [-0.3, -0.25) is 9.80 Å². The standard InChI is InChI=1S/C18H26N8O/c1-24(2)18(27)14-5-4-11(7-20-14)15-6-16(19)26-17(23-15)13(9-22-26)12-8-21-25(3)10-12/h6,8-9,11-12,14,20H,4-5,7,10,19H2,1-3H3. The van der Waals surface area contributed by atoms with Crippen LogP contribution < -0.4 is 11.1 Å². The molecule has 144 valence electrons. The number of anilines is 1. The van der Waals surface area contributed by atoms with Crippen LogP contribution in [0.5, 0.6) is 0 Å². The van der Waals surface area contributed by atoms with E-state index in [1.807, 2.05) is 30.5 Å². The summed E-state index contributed by atoms with van der Waals surface area (Å²) < 4.78 is 1.69. The number of nitrogens with zero attached hydrogens (tertiary/aromatic N) is 6. The van der Waals surface area contributed by atoms with Crippen LogP contribution in [-0.4, -0.2) is 76.9 Å². The lowest BCUT2D eigenvalue weighted by atomic mass is 9.91. The number of nitrogens with one attached hydrogen (secondary N) is 1. The maximum Gasteiger partial charge on any atom is 0.239 e. The molecule has 0 aliphatic carbocycles. The molecule has 0 spiro atoms. The van der Waals surface area contributed by atoms with E-state index in [1.165, 1.54) is 0 Å². The number of carbonyl (C=O) groups excluding carboxylic acids is 1. The Bertz CT molecular complexity index is 881. The smallest absolute Gasteiger partial charge is 0.239 e. The Labute approximate surface area is 158 Å². The minimum atomic E-state index is -0.118. The van der Waals surface area contributed by atoms with Gasteiger partial charge in [-0.05, 0) is 12.8 Å². The molecule has 0 saturated carbocycles. The molecule has 9 nitrogen and oxygen atoms in total. The van der Waals surface area contributed by atoms with E-state index in [-0.39, 0.29) is 23.8 Å². The van der Waals surface area contributed by atoms with Crippen LogP contribution in [0.25, 0.3) is 5.65 Å². The highest BCUT2D eigenvalue weighted by molar-refractivity contribution is 5.81. The number of nitrogens with two attached hydrogens (primary N) is 1. The van der Waals surface area contributed by atoms with Crippen LogP contribution in [0.2, 0.25) is 0 Å². The fourth-order valence-electron chi connectivity index (χ4n) is 3.88. The van der Waals surface area contributed by atoms with E-state index in [0.29, 0.717) is 12.4 Å². The fraction of sp³-hybridized carbons (Fsp3) is 0.556. The Morgan fingerprint density at radius 3 is 2.81 bits per heavy atom. The summed E-state index contributed by atoms with van der Waals surface area (Å²) in [7, 11) is 5.53. The molecule has 1 saturated heterocycles. The van der Waals surface area contributed by atoms with E-state index < -0.39 is 0 Å². The van der Waals surface area contributed by atoms with E-state index >= 15 is 0 Å². The van der Waals surface area contributed by atoms with Crippen LogP contribution in [0.3, 0.4) is 0 Å². The highest BCUT2D eigenvalue weighted by atomic mass is 16.2. The van der Waals surface area contributed by atoms with Crippen molar-refractivity contribution in [3.8, 4) is 0 Å². The second-order valence-corrected chi connectivity index (χ2v) is 7.62. The number of carbonyl (C=O) groups is 1. The Morgan fingerprint density at radius 2 is 2.19 bits per heavy atom. The predicted molar refractivity (Wildman–Crippen MR) is 104 cm³/mol. The molecule has 3 N–H and O–H groups in total. The number of hydrogen-bond acceptors (Lipinski definition) is 7. The van der Waals surface area contributed by atoms with Crippen LogP contribution in [0.1, 0.15) is 35.9 Å². The summed E-state index contributed by atoms with van der Waals surface area (Å²) in [5, 5.41) is 14.0. The van der Waals surface area contributed by atoms with Crippen molar-refractivity contribution in [2.75, 3.05) is 40.0 Å². The van der Waals surface area contributed by atoms with Gasteiger partial charge in [0, 0.05) is 63.9 Å². The Hall–Kier alpha value is -2.68. The minimum absolute atomic E-state index is 0.118. The first-order valence-corrected chi connectivity index (χ1v) is 9.28. The number of rotatable bonds is 3.